The van der Waals surface area contributed by atoms with E-state index in [1.807, 2.05) is 14.0 Å². The quantitative estimate of drug-likeness (QED) is 0.116. The molecule has 0 aromatic heterocycles. The summed E-state index contributed by atoms with van der Waals surface area (Å²) in [6, 6.07) is 15.2. The molecule has 0 fully saturated rings. The van der Waals surface area contributed by atoms with Crippen LogP contribution in [-0.2, 0) is 19.3 Å². The minimum atomic E-state index is 0.876. The number of hydrogen-bond acceptors (Lipinski definition) is 2. The maximum absolute atomic E-state index is 4.48. The highest BCUT2D eigenvalue weighted by molar-refractivity contribution is 8.03. The van der Waals surface area contributed by atoms with Gasteiger partial charge >= 0.3 is 0 Å². The first-order valence-corrected chi connectivity index (χ1v) is 14.7. The van der Waals surface area contributed by atoms with Gasteiger partial charge < -0.3 is 5.32 Å². The van der Waals surface area contributed by atoms with Gasteiger partial charge in [-0.3, -0.25) is 4.99 Å². The second-order valence-electron chi connectivity index (χ2n) is 9.55. The highest BCUT2D eigenvalue weighted by Crippen LogP contribution is 2.34. The molecule has 0 radical (unpaired) electrons. The van der Waals surface area contributed by atoms with Gasteiger partial charge in [-0.1, -0.05) is 98.8 Å². The average molecular weight is 519 g/mol. The first-order chi connectivity index (χ1) is 17.9. The van der Waals surface area contributed by atoms with E-state index >= 15 is 0 Å². The van der Waals surface area contributed by atoms with E-state index in [1.54, 1.807) is 11.8 Å². The Morgan fingerprint density at radius 3 is 2.27 bits per heavy atom. The van der Waals surface area contributed by atoms with E-state index < -0.39 is 0 Å². The third-order valence-corrected chi connectivity index (χ3v) is 7.25. The van der Waals surface area contributed by atoms with Gasteiger partial charge in [-0.2, -0.15) is 0 Å². The van der Waals surface area contributed by atoms with E-state index in [0.717, 1.165) is 55.8 Å². The van der Waals surface area contributed by atoms with E-state index in [-0.39, 0.29) is 0 Å². The monoisotopic (exact) mass is 518 g/mol. The highest BCUT2D eigenvalue weighted by atomic mass is 32.2. The van der Waals surface area contributed by atoms with Crippen LogP contribution in [0.5, 0.6) is 0 Å². The predicted octanol–water partition coefficient (Wildman–Crippen LogP) is 10.0. The molecule has 37 heavy (non-hydrogen) atoms. The molecule has 0 aliphatic rings. The molecule has 0 saturated heterocycles. The summed E-state index contributed by atoms with van der Waals surface area (Å²) in [5.41, 5.74) is 6.89. The van der Waals surface area contributed by atoms with Crippen LogP contribution in [0.25, 0.3) is 0 Å². The highest BCUT2D eigenvalue weighted by Gasteiger charge is 2.14. The Balaban J connectivity index is 0.00000124. The lowest BCUT2D eigenvalue weighted by Crippen LogP contribution is -2.21. The van der Waals surface area contributed by atoms with Crippen LogP contribution in [0, 0.1) is 6.92 Å². The number of unbranched alkanes of at least 4 members (excludes halogenated alkanes) is 1. The molecule has 0 atom stereocenters. The van der Waals surface area contributed by atoms with Crippen LogP contribution in [0.3, 0.4) is 0 Å². The number of rotatable bonds is 14. The van der Waals surface area contributed by atoms with Crippen molar-refractivity contribution in [3.8, 4) is 0 Å². The molecule has 1 N–H and O–H groups in total. The van der Waals surface area contributed by atoms with E-state index in [0.29, 0.717) is 0 Å². The molecular formula is C34H50N2S. The summed E-state index contributed by atoms with van der Waals surface area (Å²) in [4.78, 5) is 5.84. The number of thioether (sulfide) groups is 1. The van der Waals surface area contributed by atoms with Crippen molar-refractivity contribution in [2.75, 3.05) is 7.05 Å². The average Bonchev–Trinajstić information content (AvgIpc) is 2.89. The largest absolute Gasteiger partial charge is 0.339 e. The summed E-state index contributed by atoms with van der Waals surface area (Å²) < 4.78 is 0. The van der Waals surface area contributed by atoms with Crippen LogP contribution < -0.4 is 5.32 Å². The van der Waals surface area contributed by atoms with Gasteiger partial charge in [0.1, 0.15) is 5.84 Å². The summed E-state index contributed by atoms with van der Waals surface area (Å²) in [6.45, 7) is 19.2. The van der Waals surface area contributed by atoms with Gasteiger partial charge in [0.2, 0.25) is 0 Å². The summed E-state index contributed by atoms with van der Waals surface area (Å²) in [7, 11) is 1.85. The van der Waals surface area contributed by atoms with Crippen molar-refractivity contribution in [3.05, 3.63) is 101 Å². The Labute approximate surface area is 232 Å². The van der Waals surface area contributed by atoms with Crippen LogP contribution in [0.15, 0.2) is 88.3 Å². The molecule has 0 unspecified atom stereocenters. The van der Waals surface area contributed by atoms with Crippen molar-refractivity contribution < 1.29 is 0 Å². The Kier molecular flexibility index (Phi) is 17.2. The second kappa shape index (κ2) is 19.6. The fourth-order valence-electron chi connectivity index (χ4n) is 4.05. The van der Waals surface area contributed by atoms with Crippen LogP contribution in [-0.4, -0.2) is 12.9 Å². The summed E-state index contributed by atoms with van der Waals surface area (Å²) in [5.74, 6) is 0.981. The maximum atomic E-state index is 4.48. The maximum Gasteiger partial charge on any atom is 0.101 e. The molecule has 202 valence electrons. The molecule has 0 spiro atoms. The Hall–Kier alpha value is -2.52. The van der Waals surface area contributed by atoms with Crippen LogP contribution in [0.1, 0.15) is 88.5 Å². The van der Waals surface area contributed by atoms with E-state index in [2.05, 4.69) is 106 Å². The molecule has 2 rings (SSSR count). The smallest absolute Gasteiger partial charge is 0.101 e. The van der Waals surface area contributed by atoms with Crippen molar-refractivity contribution in [1.29, 1.82) is 0 Å². The standard InChI is InChI=1S/C29H40N2S.C5H10/c1-7-8-16-26-20-18-23(4)29(27(26)17-12-13-22(2)3)32-24(5)31-28(30-6)21-19-25-14-10-9-11-15-25;1-3-5-4-2/h9-11,14-15,18,20H,2,5,7-8,12-13,16-17,19,21H2,1,3-4,6H3,(H,30,31);3,5H,4H2,1-2H3/b;5-3-. The van der Waals surface area contributed by atoms with E-state index in [9.17, 15) is 0 Å². The molecule has 2 aromatic rings. The van der Waals surface area contributed by atoms with Gasteiger partial charge in [-0.05, 0) is 88.0 Å². The van der Waals surface area contributed by atoms with Gasteiger partial charge in [-0.25, -0.2) is 0 Å². The zero-order valence-electron chi connectivity index (χ0n) is 24.3. The lowest BCUT2D eigenvalue weighted by atomic mass is 9.95. The molecule has 0 aliphatic carbocycles. The van der Waals surface area contributed by atoms with Gasteiger partial charge in [0.25, 0.3) is 0 Å². The number of nitrogens with zero attached hydrogens (tertiary/aromatic N) is 1. The Bertz CT molecular complexity index is 1000. The number of allylic oxidation sites excluding steroid dienone is 3. The van der Waals surface area contributed by atoms with Crippen molar-refractivity contribution in [3.63, 3.8) is 0 Å². The zero-order chi connectivity index (χ0) is 27.5. The first-order valence-electron chi connectivity index (χ1n) is 13.9. The molecule has 3 heteroatoms. The molecule has 0 saturated carbocycles. The third kappa shape index (κ3) is 13.6. The first kappa shape index (κ1) is 32.5. The fourth-order valence-corrected chi connectivity index (χ4v) is 5.05. The zero-order valence-corrected chi connectivity index (χ0v) is 25.1. The molecule has 0 amide bonds. The predicted molar refractivity (Wildman–Crippen MR) is 169 cm³/mol. The SMILES string of the molecule is C/C=C\CC.C=C(C)CCCc1c(CCCC)ccc(C)c1SC(=C)NC(CCc1ccccc1)=NC. The van der Waals surface area contributed by atoms with Crippen LogP contribution in [0.4, 0.5) is 0 Å². The molecular weight excluding hydrogens is 468 g/mol. The topological polar surface area (TPSA) is 24.4 Å². The van der Waals surface area contributed by atoms with Gasteiger partial charge in [0.05, 0.1) is 5.03 Å². The minimum absolute atomic E-state index is 0.876. The molecule has 0 aliphatic heterocycles. The second-order valence-corrected chi connectivity index (χ2v) is 10.7. The lowest BCUT2D eigenvalue weighted by molar-refractivity contribution is 0.754. The number of hydrogen-bond donors (Lipinski definition) is 1. The third-order valence-electron chi connectivity index (χ3n) is 6.13. The fraction of sp³-hybridized carbons (Fsp3) is 0.441. The van der Waals surface area contributed by atoms with Crippen molar-refractivity contribution in [1.82, 2.24) is 5.32 Å². The minimum Gasteiger partial charge on any atom is -0.339 e. The summed E-state index contributed by atoms with van der Waals surface area (Å²) >= 11 is 1.76. The van der Waals surface area contributed by atoms with Gasteiger partial charge in [0.15, 0.2) is 0 Å². The van der Waals surface area contributed by atoms with Crippen LogP contribution >= 0.6 is 11.8 Å². The van der Waals surface area contributed by atoms with Gasteiger partial charge in [-0.15, -0.1) is 6.58 Å². The summed E-state index contributed by atoms with van der Waals surface area (Å²) in [6.07, 6.45) is 14.1. The number of benzene rings is 2. The van der Waals surface area contributed by atoms with Crippen molar-refractivity contribution >= 4 is 17.6 Å². The molecule has 0 bridgehead atoms. The van der Waals surface area contributed by atoms with Crippen LogP contribution in [0.2, 0.25) is 0 Å². The molecule has 0 heterocycles. The molecule has 2 nitrogen and oxygen atoms in total. The number of nitrogens with one attached hydrogen (secondary N) is 1. The normalized spacial score (nSPS) is 11.2. The Morgan fingerprint density at radius 2 is 1.70 bits per heavy atom. The lowest BCUT2D eigenvalue weighted by Gasteiger charge is -2.19. The van der Waals surface area contributed by atoms with Crippen molar-refractivity contribution in [2.45, 2.75) is 97.3 Å². The van der Waals surface area contributed by atoms with Gasteiger partial charge in [0, 0.05) is 18.4 Å². The number of amidine groups is 1. The summed E-state index contributed by atoms with van der Waals surface area (Å²) in [5, 5.41) is 4.42. The number of aliphatic imine (C=N–C) groups is 1. The Morgan fingerprint density at radius 1 is 0.973 bits per heavy atom. The van der Waals surface area contributed by atoms with Crippen molar-refractivity contribution in [2.24, 2.45) is 4.99 Å². The molecule has 2 aromatic carbocycles. The van der Waals surface area contributed by atoms with E-state index in [4.69, 9.17) is 0 Å². The number of aryl methyl sites for hydroxylation is 3. The van der Waals surface area contributed by atoms with E-state index in [1.165, 1.54) is 45.6 Å².